The van der Waals surface area contributed by atoms with Crippen LogP contribution >= 0.6 is 0 Å². The highest BCUT2D eigenvalue weighted by Crippen LogP contribution is 2.34. The zero-order valence-corrected chi connectivity index (χ0v) is 12.5. The lowest BCUT2D eigenvalue weighted by molar-refractivity contribution is 0.471. The van der Waals surface area contributed by atoms with Crippen molar-refractivity contribution >= 4 is 7.85 Å². The molecule has 2 atom stereocenters. The molecular formula is C16H31B. The van der Waals surface area contributed by atoms with Gasteiger partial charge in [0.05, 0.1) is 7.85 Å². The van der Waals surface area contributed by atoms with Gasteiger partial charge in [0.2, 0.25) is 0 Å². The largest absolute Gasteiger partial charge is 0.0883 e. The highest BCUT2D eigenvalue weighted by molar-refractivity contribution is 6.14. The van der Waals surface area contributed by atoms with Crippen molar-refractivity contribution in [2.75, 3.05) is 0 Å². The zero-order chi connectivity index (χ0) is 13.1. The van der Waals surface area contributed by atoms with Crippen molar-refractivity contribution in [2.24, 2.45) is 5.92 Å². The molecule has 0 N–H and O–H groups in total. The fourth-order valence-electron chi connectivity index (χ4n) is 1.96. The van der Waals surface area contributed by atoms with E-state index in [1.54, 1.807) is 0 Å². The van der Waals surface area contributed by atoms with Gasteiger partial charge in [0.1, 0.15) is 0 Å². The molecule has 0 aliphatic carbocycles. The molecule has 0 rings (SSSR count). The maximum absolute atomic E-state index is 6.27. The van der Waals surface area contributed by atoms with E-state index in [4.69, 9.17) is 7.85 Å². The third kappa shape index (κ3) is 10.7. The summed E-state index contributed by atoms with van der Waals surface area (Å²) in [5, 5.41) is 0.0659. The van der Waals surface area contributed by atoms with E-state index in [9.17, 15) is 0 Å². The first-order valence-corrected chi connectivity index (χ1v) is 7.47. The second-order valence-electron chi connectivity index (χ2n) is 5.82. The van der Waals surface area contributed by atoms with Gasteiger partial charge in [-0.2, -0.15) is 0 Å². The molecule has 0 nitrogen and oxygen atoms in total. The molecule has 0 bridgehead atoms. The first-order chi connectivity index (χ1) is 8.02. The molecule has 0 saturated carbocycles. The first-order valence-electron chi connectivity index (χ1n) is 7.47. The average Bonchev–Trinajstić information content (AvgIpc) is 2.30. The lowest BCUT2D eigenvalue weighted by atomic mass is 9.64. The van der Waals surface area contributed by atoms with Gasteiger partial charge in [-0.1, -0.05) is 83.7 Å². The molecule has 0 amide bonds. The molecular weight excluding hydrogens is 203 g/mol. The topological polar surface area (TPSA) is 0 Å². The smallest absolute Gasteiger partial charge is 0.0742 e. The molecule has 98 valence electrons. The summed E-state index contributed by atoms with van der Waals surface area (Å²) in [6.07, 6.45) is 14.6. The van der Waals surface area contributed by atoms with E-state index in [1.807, 2.05) is 0 Å². The van der Waals surface area contributed by atoms with E-state index in [-0.39, 0.29) is 5.31 Å². The van der Waals surface area contributed by atoms with Gasteiger partial charge in [0.25, 0.3) is 0 Å². The van der Waals surface area contributed by atoms with Crippen LogP contribution in [0.1, 0.15) is 79.1 Å². The summed E-state index contributed by atoms with van der Waals surface area (Å²) >= 11 is 0. The van der Waals surface area contributed by atoms with Crippen molar-refractivity contribution in [3.05, 3.63) is 12.2 Å². The van der Waals surface area contributed by atoms with Crippen molar-refractivity contribution in [1.82, 2.24) is 0 Å². The van der Waals surface area contributed by atoms with Gasteiger partial charge < -0.3 is 0 Å². The van der Waals surface area contributed by atoms with Gasteiger partial charge >= 0.3 is 0 Å². The molecule has 0 aliphatic rings. The van der Waals surface area contributed by atoms with Crippen molar-refractivity contribution in [3.8, 4) is 0 Å². The van der Waals surface area contributed by atoms with Gasteiger partial charge in [-0.3, -0.25) is 0 Å². The highest BCUT2D eigenvalue weighted by atomic mass is 14.2. The number of rotatable bonds is 10. The Balaban J connectivity index is 3.53. The van der Waals surface area contributed by atoms with E-state index in [1.165, 1.54) is 51.4 Å². The van der Waals surface area contributed by atoms with Crippen LogP contribution in [0.4, 0.5) is 0 Å². The van der Waals surface area contributed by atoms with E-state index in [2.05, 4.69) is 39.8 Å². The molecule has 0 aliphatic heterocycles. The Morgan fingerprint density at radius 3 is 2.35 bits per heavy atom. The normalized spacial score (nSPS) is 17.2. The van der Waals surface area contributed by atoms with E-state index >= 15 is 0 Å². The third-order valence-corrected chi connectivity index (χ3v) is 3.58. The van der Waals surface area contributed by atoms with Crippen LogP contribution in [0.15, 0.2) is 12.2 Å². The predicted molar refractivity (Wildman–Crippen MR) is 80.7 cm³/mol. The van der Waals surface area contributed by atoms with Gasteiger partial charge in [-0.25, -0.2) is 0 Å². The molecule has 1 heteroatoms. The summed E-state index contributed by atoms with van der Waals surface area (Å²) in [6, 6.07) is 0. The van der Waals surface area contributed by atoms with Gasteiger partial charge in [-0.05, 0) is 18.8 Å². The summed E-state index contributed by atoms with van der Waals surface area (Å²) in [5.74, 6) is 0.735. The zero-order valence-electron chi connectivity index (χ0n) is 12.5. The maximum atomic E-state index is 6.27. The van der Waals surface area contributed by atoms with Crippen LogP contribution in [0.2, 0.25) is 5.31 Å². The van der Waals surface area contributed by atoms with E-state index in [0.29, 0.717) is 0 Å². The maximum Gasteiger partial charge on any atom is 0.0742 e. The number of hydrogen-bond acceptors (Lipinski definition) is 0. The van der Waals surface area contributed by atoms with Crippen LogP contribution in [0.25, 0.3) is 0 Å². The lowest BCUT2D eigenvalue weighted by Gasteiger charge is -2.24. The quantitative estimate of drug-likeness (QED) is 0.259. The van der Waals surface area contributed by atoms with Crippen LogP contribution in [-0.4, -0.2) is 7.85 Å². The molecule has 0 heterocycles. The molecule has 0 aromatic heterocycles. The van der Waals surface area contributed by atoms with Gasteiger partial charge in [-0.15, -0.1) is 0 Å². The Morgan fingerprint density at radius 2 is 1.76 bits per heavy atom. The molecule has 0 aromatic rings. The van der Waals surface area contributed by atoms with Gasteiger partial charge in [0, 0.05) is 0 Å². The Morgan fingerprint density at radius 1 is 1.12 bits per heavy atom. The van der Waals surface area contributed by atoms with Crippen molar-refractivity contribution in [2.45, 2.75) is 84.4 Å². The fourth-order valence-corrected chi connectivity index (χ4v) is 1.96. The fraction of sp³-hybridized carbons (Fsp3) is 0.875. The standard InChI is InChI=1S/C16H31B/c1-5-7-13-16(4,17)14-11-9-8-10-12-15(3)6-2/h10,12,15H,5-9,11,13-14H2,1-4H3/b12-10-. The first kappa shape index (κ1) is 16.8. The minimum Gasteiger partial charge on any atom is -0.0883 e. The van der Waals surface area contributed by atoms with E-state index < -0.39 is 0 Å². The number of hydrogen-bond donors (Lipinski definition) is 0. The SMILES string of the molecule is [B]C(C)(CCCC)CCCC/C=C\C(C)CC. The Hall–Kier alpha value is -0.195. The highest BCUT2D eigenvalue weighted by Gasteiger charge is 2.15. The number of unbranched alkanes of at least 4 members (excludes halogenated alkanes) is 3. The van der Waals surface area contributed by atoms with Crippen molar-refractivity contribution in [3.63, 3.8) is 0 Å². The monoisotopic (exact) mass is 234 g/mol. The molecule has 0 saturated heterocycles. The Kier molecular flexibility index (Phi) is 9.68. The van der Waals surface area contributed by atoms with Crippen LogP contribution < -0.4 is 0 Å². The minimum atomic E-state index is 0.0659. The summed E-state index contributed by atoms with van der Waals surface area (Å²) < 4.78 is 0. The van der Waals surface area contributed by atoms with Crippen LogP contribution in [0.3, 0.4) is 0 Å². The van der Waals surface area contributed by atoms with Crippen LogP contribution in [0, 0.1) is 5.92 Å². The molecule has 17 heavy (non-hydrogen) atoms. The predicted octanol–water partition coefficient (Wildman–Crippen LogP) is 5.69. The van der Waals surface area contributed by atoms with Crippen molar-refractivity contribution in [1.29, 1.82) is 0 Å². The second-order valence-corrected chi connectivity index (χ2v) is 5.82. The summed E-state index contributed by atoms with van der Waals surface area (Å²) in [7, 11) is 6.27. The average molecular weight is 234 g/mol. The van der Waals surface area contributed by atoms with Crippen LogP contribution in [0.5, 0.6) is 0 Å². The molecule has 2 radical (unpaired) electrons. The van der Waals surface area contributed by atoms with Crippen molar-refractivity contribution < 1.29 is 0 Å². The third-order valence-electron chi connectivity index (χ3n) is 3.58. The Bertz CT molecular complexity index is 194. The Labute approximate surface area is 111 Å². The summed E-state index contributed by atoms with van der Waals surface area (Å²) in [5.41, 5.74) is 0. The van der Waals surface area contributed by atoms with Crippen LogP contribution in [-0.2, 0) is 0 Å². The minimum absolute atomic E-state index is 0.0659. The molecule has 0 spiro atoms. The second kappa shape index (κ2) is 9.80. The summed E-state index contributed by atoms with van der Waals surface area (Å²) in [6.45, 7) is 8.95. The lowest BCUT2D eigenvalue weighted by Crippen LogP contribution is -2.07. The van der Waals surface area contributed by atoms with E-state index in [0.717, 1.165) is 5.92 Å². The summed E-state index contributed by atoms with van der Waals surface area (Å²) in [4.78, 5) is 0. The van der Waals surface area contributed by atoms with Gasteiger partial charge in [0.15, 0.2) is 0 Å². The molecule has 2 unspecified atom stereocenters. The molecule has 0 fully saturated rings. The number of allylic oxidation sites excluding steroid dienone is 2. The molecule has 0 aromatic carbocycles.